The molecule has 0 radical (unpaired) electrons. The van der Waals surface area contributed by atoms with E-state index in [1.807, 2.05) is 11.9 Å². The summed E-state index contributed by atoms with van der Waals surface area (Å²) in [5.41, 5.74) is 0.377. The monoisotopic (exact) mass is 332 g/mol. The largest absolute Gasteiger partial charge is 0.421 e. The summed E-state index contributed by atoms with van der Waals surface area (Å²) >= 11 is 0. The fourth-order valence-electron chi connectivity index (χ4n) is 3.40. The van der Waals surface area contributed by atoms with Gasteiger partial charge in [-0.05, 0) is 25.6 Å². The van der Waals surface area contributed by atoms with Crippen LogP contribution in [-0.4, -0.2) is 53.1 Å². The first-order chi connectivity index (χ1) is 11.4. The Kier molecular flexibility index (Phi) is 3.14. The standard InChI is InChI=1S/C16H17FN4O3/c1-8-6-9-11-13(12(8)17)24-15(22)10-7-19(2)4-5-21(10)14(11)18-16(23)20(9)3/h6,10H,4-5,7H2,1-3H3. The smallest absolute Gasteiger partial charge is 0.349 e. The summed E-state index contributed by atoms with van der Waals surface area (Å²) in [4.78, 5) is 32.7. The molecule has 0 aliphatic carbocycles. The first kappa shape index (κ1) is 15.1. The van der Waals surface area contributed by atoms with Gasteiger partial charge in [0.05, 0.1) is 10.9 Å². The molecule has 8 heteroatoms. The van der Waals surface area contributed by atoms with Crippen molar-refractivity contribution in [1.82, 2.24) is 14.5 Å². The highest BCUT2D eigenvalue weighted by Gasteiger charge is 2.39. The van der Waals surface area contributed by atoms with Crippen molar-refractivity contribution >= 4 is 22.7 Å². The number of hydrogen-bond acceptors (Lipinski definition) is 6. The molecule has 1 aromatic heterocycles. The molecular weight excluding hydrogens is 315 g/mol. The number of piperazine rings is 1. The molecule has 2 aliphatic rings. The van der Waals surface area contributed by atoms with Gasteiger partial charge in [0, 0.05) is 26.7 Å². The summed E-state index contributed by atoms with van der Waals surface area (Å²) in [6, 6.07) is 0.976. The molecule has 7 nitrogen and oxygen atoms in total. The number of benzene rings is 1. The molecule has 0 N–H and O–H groups in total. The topological polar surface area (TPSA) is 67.7 Å². The summed E-state index contributed by atoms with van der Waals surface area (Å²) in [5.74, 6) is -0.928. The van der Waals surface area contributed by atoms with Crippen molar-refractivity contribution in [2.24, 2.45) is 7.05 Å². The highest BCUT2D eigenvalue weighted by atomic mass is 19.1. The molecule has 1 saturated heterocycles. The second-order valence-electron chi connectivity index (χ2n) is 6.40. The zero-order chi connectivity index (χ0) is 17.2. The van der Waals surface area contributed by atoms with Crippen molar-refractivity contribution in [1.29, 1.82) is 0 Å². The second kappa shape index (κ2) is 5.01. The first-order valence-electron chi connectivity index (χ1n) is 7.75. The SMILES string of the molecule is Cc1cc2c3c(nc(=O)n2C)N2CCN(C)CC2C(=O)Oc3c1F. The number of fused-ring (bicyclic) bond motifs is 2. The van der Waals surface area contributed by atoms with E-state index >= 15 is 0 Å². The number of nitrogens with zero attached hydrogens (tertiary/aromatic N) is 4. The van der Waals surface area contributed by atoms with Crippen molar-refractivity contribution in [3.63, 3.8) is 0 Å². The van der Waals surface area contributed by atoms with E-state index in [-0.39, 0.29) is 5.75 Å². The van der Waals surface area contributed by atoms with E-state index in [4.69, 9.17) is 4.74 Å². The molecule has 126 valence electrons. The number of aryl methyl sites for hydroxylation is 2. The molecule has 2 aromatic rings. The average Bonchev–Trinajstić information content (AvgIpc) is 2.66. The number of anilines is 1. The van der Waals surface area contributed by atoms with Crippen LogP contribution in [0.5, 0.6) is 5.75 Å². The third-order valence-corrected chi connectivity index (χ3v) is 4.79. The Bertz CT molecular complexity index is 939. The highest BCUT2D eigenvalue weighted by Crippen LogP contribution is 2.39. The number of likely N-dealkylation sites (N-methyl/N-ethyl adjacent to an activating group) is 1. The van der Waals surface area contributed by atoms with Crippen LogP contribution < -0.4 is 15.3 Å². The summed E-state index contributed by atoms with van der Waals surface area (Å²) in [5, 5.41) is 0.376. The van der Waals surface area contributed by atoms with Gasteiger partial charge in [-0.1, -0.05) is 0 Å². The average molecular weight is 332 g/mol. The molecule has 2 aliphatic heterocycles. The Morgan fingerprint density at radius 3 is 2.79 bits per heavy atom. The molecule has 0 bridgehead atoms. The van der Waals surface area contributed by atoms with Gasteiger partial charge in [-0.25, -0.2) is 14.0 Å². The third kappa shape index (κ3) is 1.96. The molecule has 0 spiro atoms. The predicted octanol–water partition coefficient (Wildman–Crippen LogP) is 0.420. The number of halogens is 1. The minimum absolute atomic E-state index is 0.134. The maximum absolute atomic E-state index is 14.7. The van der Waals surface area contributed by atoms with E-state index in [9.17, 15) is 14.0 Å². The summed E-state index contributed by atoms with van der Waals surface area (Å²) in [7, 11) is 3.48. The van der Waals surface area contributed by atoms with Gasteiger partial charge < -0.3 is 14.5 Å². The van der Waals surface area contributed by atoms with E-state index in [0.29, 0.717) is 41.9 Å². The third-order valence-electron chi connectivity index (χ3n) is 4.79. The van der Waals surface area contributed by atoms with Crippen LogP contribution in [0.2, 0.25) is 0 Å². The lowest BCUT2D eigenvalue weighted by Gasteiger charge is -2.38. The fourth-order valence-corrected chi connectivity index (χ4v) is 3.40. The molecule has 1 fully saturated rings. The minimum Gasteiger partial charge on any atom is -0.421 e. The van der Waals surface area contributed by atoms with Gasteiger partial charge in [0.15, 0.2) is 11.6 Å². The first-order valence-corrected chi connectivity index (χ1v) is 7.75. The Labute approximate surface area is 137 Å². The van der Waals surface area contributed by atoms with Crippen molar-refractivity contribution < 1.29 is 13.9 Å². The van der Waals surface area contributed by atoms with E-state index in [0.717, 1.165) is 0 Å². The normalized spacial score (nSPS) is 20.8. The Balaban J connectivity index is 2.10. The molecule has 0 amide bonds. The zero-order valence-corrected chi connectivity index (χ0v) is 13.7. The van der Waals surface area contributed by atoms with Crippen molar-refractivity contribution in [3.05, 3.63) is 27.9 Å². The number of rotatable bonds is 0. The molecule has 1 atom stereocenters. The molecule has 0 saturated carbocycles. The van der Waals surface area contributed by atoms with Gasteiger partial charge in [-0.15, -0.1) is 0 Å². The van der Waals surface area contributed by atoms with Gasteiger partial charge in [0.25, 0.3) is 0 Å². The minimum atomic E-state index is -0.612. The van der Waals surface area contributed by atoms with Gasteiger partial charge in [-0.3, -0.25) is 4.57 Å². The lowest BCUT2D eigenvalue weighted by Crippen LogP contribution is -2.56. The van der Waals surface area contributed by atoms with Gasteiger partial charge in [-0.2, -0.15) is 4.98 Å². The van der Waals surface area contributed by atoms with Gasteiger partial charge in [0.2, 0.25) is 0 Å². The van der Waals surface area contributed by atoms with Crippen molar-refractivity contribution in [3.8, 4) is 5.75 Å². The predicted molar refractivity (Wildman–Crippen MR) is 85.9 cm³/mol. The van der Waals surface area contributed by atoms with Crippen LogP contribution in [0.4, 0.5) is 10.2 Å². The molecule has 3 heterocycles. The van der Waals surface area contributed by atoms with E-state index in [1.165, 1.54) is 4.57 Å². The maximum atomic E-state index is 14.7. The lowest BCUT2D eigenvalue weighted by atomic mass is 10.1. The molecule has 24 heavy (non-hydrogen) atoms. The summed E-state index contributed by atoms with van der Waals surface area (Å²) in [6.45, 7) is 3.24. The van der Waals surface area contributed by atoms with Crippen molar-refractivity contribution in [2.45, 2.75) is 13.0 Å². The highest BCUT2D eigenvalue weighted by molar-refractivity contribution is 6.01. The van der Waals surface area contributed by atoms with Crippen LogP contribution in [0.15, 0.2) is 10.9 Å². The summed E-state index contributed by atoms with van der Waals surface area (Å²) < 4.78 is 21.4. The molecule has 1 unspecified atom stereocenters. The van der Waals surface area contributed by atoms with Gasteiger partial charge >= 0.3 is 11.7 Å². The van der Waals surface area contributed by atoms with Crippen LogP contribution in [0, 0.1) is 12.7 Å². The van der Waals surface area contributed by atoms with Crippen molar-refractivity contribution in [2.75, 3.05) is 31.6 Å². The van der Waals surface area contributed by atoms with Crippen LogP contribution >= 0.6 is 0 Å². The van der Waals surface area contributed by atoms with Gasteiger partial charge in [0.1, 0.15) is 11.9 Å². The number of aromatic nitrogens is 2. The Morgan fingerprint density at radius 2 is 2.04 bits per heavy atom. The molecule has 4 rings (SSSR count). The van der Waals surface area contributed by atoms with Crippen LogP contribution in [0.25, 0.3) is 10.9 Å². The van der Waals surface area contributed by atoms with Crippen LogP contribution in [0.1, 0.15) is 5.56 Å². The van der Waals surface area contributed by atoms with Crippen LogP contribution in [-0.2, 0) is 11.8 Å². The van der Waals surface area contributed by atoms with E-state index in [1.54, 1.807) is 24.9 Å². The second-order valence-corrected chi connectivity index (χ2v) is 6.40. The lowest BCUT2D eigenvalue weighted by molar-refractivity contribution is -0.136. The Morgan fingerprint density at radius 1 is 1.29 bits per heavy atom. The number of esters is 1. The summed E-state index contributed by atoms with van der Waals surface area (Å²) in [6.07, 6.45) is 0. The van der Waals surface area contributed by atoms with Crippen LogP contribution in [0.3, 0.4) is 0 Å². The maximum Gasteiger partial charge on any atom is 0.349 e. The van der Waals surface area contributed by atoms with E-state index in [2.05, 4.69) is 4.98 Å². The molecular formula is C16H17FN4O3. The van der Waals surface area contributed by atoms with E-state index < -0.39 is 23.5 Å². The number of ether oxygens (including phenoxy) is 1. The fraction of sp³-hybridized carbons (Fsp3) is 0.438. The number of carbonyl (C=O) groups excluding carboxylic acids is 1. The number of hydrogen-bond donors (Lipinski definition) is 0. The Hall–Kier alpha value is -2.48. The molecule has 1 aromatic carbocycles. The number of carbonyl (C=O) groups is 1. The zero-order valence-electron chi connectivity index (χ0n) is 13.7. The quantitative estimate of drug-likeness (QED) is 0.515.